The van der Waals surface area contributed by atoms with Gasteiger partial charge < -0.3 is 5.32 Å². The van der Waals surface area contributed by atoms with Crippen molar-refractivity contribution >= 4 is 33.2 Å². The summed E-state index contributed by atoms with van der Waals surface area (Å²) >= 11 is 2.87. The van der Waals surface area contributed by atoms with Crippen molar-refractivity contribution in [3.63, 3.8) is 0 Å². The smallest absolute Gasteiger partial charge is 0.326 e. The van der Waals surface area contributed by atoms with Crippen molar-refractivity contribution in [3.8, 4) is 0 Å². The van der Waals surface area contributed by atoms with Crippen molar-refractivity contribution in [1.29, 1.82) is 0 Å². The molecular weight excluding hydrogens is 427 g/mol. The van der Waals surface area contributed by atoms with Crippen LogP contribution in [0.5, 0.6) is 0 Å². The molecule has 6 nitrogen and oxygen atoms in total. The van der Waals surface area contributed by atoms with Gasteiger partial charge in [0.2, 0.25) is 5.91 Å². The Labute approximate surface area is 162 Å². The van der Waals surface area contributed by atoms with E-state index in [0.717, 1.165) is 11.8 Å². The largest absolute Gasteiger partial charge is 0.417 e. The maximum Gasteiger partial charge on any atom is 0.417 e. The first-order valence-electron chi connectivity index (χ1n) is 7.98. The molecule has 0 bridgehead atoms. The van der Waals surface area contributed by atoms with Crippen LogP contribution in [0.15, 0.2) is 47.2 Å². The van der Waals surface area contributed by atoms with Crippen molar-refractivity contribution in [2.45, 2.75) is 26.4 Å². The maximum absolute atomic E-state index is 13.0. The molecule has 0 spiro atoms. The zero-order valence-electron chi connectivity index (χ0n) is 14.5. The molecule has 1 heterocycles. The summed E-state index contributed by atoms with van der Waals surface area (Å²) < 4.78 is 40.3. The average molecular weight is 444 g/mol. The fourth-order valence-electron chi connectivity index (χ4n) is 2.19. The molecule has 1 amide bonds. The molecule has 0 fully saturated rings. The number of rotatable bonds is 6. The van der Waals surface area contributed by atoms with Crippen molar-refractivity contribution in [1.82, 2.24) is 20.2 Å². The van der Waals surface area contributed by atoms with Crippen LogP contribution in [-0.4, -0.2) is 26.1 Å². The number of anilines is 1. The lowest BCUT2D eigenvalue weighted by atomic mass is 10.0. The van der Waals surface area contributed by atoms with Gasteiger partial charge in [-0.2, -0.15) is 13.2 Å². The molecular formula is C17H17BrF3N5O. The van der Waals surface area contributed by atoms with E-state index in [0.29, 0.717) is 6.42 Å². The number of alkyl halides is 3. The van der Waals surface area contributed by atoms with Gasteiger partial charge in [0.15, 0.2) is 0 Å². The van der Waals surface area contributed by atoms with Crippen molar-refractivity contribution < 1.29 is 18.0 Å². The Bertz CT molecular complexity index is 847. The number of benzene rings is 1. The molecule has 1 N–H and O–H groups in total. The predicted octanol–water partition coefficient (Wildman–Crippen LogP) is 4.54. The predicted molar refractivity (Wildman–Crippen MR) is 98.5 cm³/mol. The number of amides is 1. The first kappa shape index (κ1) is 20.8. The minimum Gasteiger partial charge on any atom is -0.326 e. The molecule has 2 aromatic rings. The highest BCUT2D eigenvalue weighted by Crippen LogP contribution is 2.36. The van der Waals surface area contributed by atoms with Crippen LogP contribution in [-0.2, 0) is 11.0 Å². The number of nitrogens with one attached hydrogen (secondary N) is 1. The summed E-state index contributed by atoms with van der Waals surface area (Å²) in [5, 5.41) is 13.3. The van der Waals surface area contributed by atoms with Gasteiger partial charge in [-0.15, -0.1) is 5.10 Å². The number of hydrogen-bond acceptors (Lipinski definition) is 4. The lowest BCUT2D eigenvalue weighted by Crippen LogP contribution is -2.21. The monoisotopic (exact) mass is 443 g/mol. The molecule has 0 aliphatic carbocycles. The van der Waals surface area contributed by atoms with E-state index >= 15 is 0 Å². The van der Waals surface area contributed by atoms with Crippen LogP contribution in [0, 0.1) is 5.92 Å². The van der Waals surface area contributed by atoms with Crippen molar-refractivity contribution in [2.75, 3.05) is 5.32 Å². The molecule has 0 saturated carbocycles. The fourth-order valence-corrected chi connectivity index (χ4v) is 2.66. The summed E-state index contributed by atoms with van der Waals surface area (Å²) in [6, 6.07) is 3.57. The molecule has 0 saturated heterocycles. The Morgan fingerprint density at radius 3 is 2.74 bits per heavy atom. The van der Waals surface area contributed by atoms with Crippen LogP contribution >= 0.6 is 15.9 Å². The maximum atomic E-state index is 13.0. The minimum atomic E-state index is -4.51. The Balaban J connectivity index is 2.09. The molecule has 10 heteroatoms. The quantitative estimate of drug-likeness (QED) is 0.665. The number of allylic oxidation sites excluding steroid dienone is 3. The summed E-state index contributed by atoms with van der Waals surface area (Å²) in [6.07, 6.45) is 2.51. The lowest BCUT2D eigenvalue weighted by Gasteiger charge is -2.14. The van der Waals surface area contributed by atoms with Gasteiger partial charge in [0.05, 0.1) is 11.5 Å². The van der Waals surface area contributed by atoms with Crippen LogP contribution < -0.4 is 5.32 Å². The Morgan fingerprint density at radius 2 is 2.15 bits per heavy atom. The van der Waals surface area contributed by atoms with Gasteiger partial charge in [-0.05, 0) is 48.0 Å². The van der Waals surface area contributed by atoms with E-state index in [4.69, 9.17) is 0 Å². The van der Waals surface area contributed by atoms with Crippen LogP contribution in [0.4, 0.5) is 18.9 Å². The molecule has 1 aromatic carbocycles. The molecule has 1 unspecified atom stereocenters. The van der Waals surface area contributed by atoms with Gasteiger partial charge in [-0.25, -0.2) is 4.68 Å². The van der Waals surface area contributed by atoms with E-state index in [1.807, 2.05) is 6.92 Å². The molecule has 0 aliphatic heterocycles. The Hall–Kier alpha value is -2.49. The topological polar surface area (TPSA) is 72.7 Å². The zero-order chi connectivity index (χ0) is 20.0. The van der Waals surface area contributed by atoms with E-state index in [1.54, 1.807) is 25.2 Å². The SMILES string of the molecule is CCC(C=CC=C(C)n1cnnn1)C(=O)Nc1ccc(Br)c(C(F)(F)F)c1. The van der Waals surface area contributed by atoms with Gasteiger partial charge >= 0.3 is 6.18 Å². The van der Waals surface area contributed by atoms with E-state index in [9.17, 15) is 18.0 Å². The number of hydrogen-bond donors (Lipinski definition) is 1. The summed E-state index contributed by atoms with van der Waals surface area (Å²) in [5.41, 5.74) is -0.0130. The minimum absolute atomic E-state index is 0.0804. The molecule has 0 radical (unpaired) electrons. The van der Waals surface area contributed by atoms with Crippen molar-refractivity contribution in [3.05, 3.63) is 52.8 Å². The number of tetrazole rings is 1. The van der Waals surface area contributed by atoms with Crippen LogP contribution in [0.3, 0.4) is 0 Å². The molecule has 1 atom stereocenters. The highest BCUT2D eigenvalue weighted by molar-refractivity contribution is 9.10. The van der Waals surface area contributed by atoms with Gasteiger partial charge in [0, 0.05) is 15.9 Å². The van der Waals surface area contributed by atoms with Gasteiger partial charge in [-0.3, -0.25) is 4.79 Å². The van der Waals surface area contributed by atoms with Gasteiger partial charge in [0.25, 0.3) is 0 Å². The standard InChI is InChI=1S/C17H17BrF3N5O/c1-3-12(6-4-5-11(2)26-10-22-24-25-26)16(27)23-13-7-8-15(18)14(9-13)17(19,20)21/h4-10,12H,3H2,1-2H3,(H,23,27). The fraction of sp³-hybridized carbons (Fsp3) is 0.294. The van der Waals surface area contributed by atoms with E-state index in [1.165, 1.54) is 23.1 Å². The third kappa shape index (κ3) is 5.75. The van der Waals surface area contributed by atoms with Gasteiger partial charge in [0.1, 0.15) is 6.33 Å². The molecule has 1 aromatic heterocycles. The van der Waals surface area contributed by atoms with Crippen LogP contribution in [0.1, 0.15) is 25.8 Å². The second-order valence-electron chi connectivity index (χ2n) is 5.64. The van der Waals surface area contributed by atoms with E-state index in [2.05, 4.69) is 36.8 Å². The summed E-state index contributed by atoms with van der Waals surface area (Å²) in [7, 11) is 0. The second kappa shape index (κ2) is 8.94. The summed E-state index contributed by atoms with van der Waals surface area (Å²) in [6.45, 7) is 3.61. The summed E-state index contributed by atoms with van der Waals surface area (Å²) in [5.74, 6) is -0.890. The molecule has 0 aliphatic rings. The van der Waals surface area contributed by atoms with Crippen molar-refractivity contribution in [2.24, 2.45) is 5.92 Å². The molecule has 27 heavy (non-hydrogen) atoms. The average Bonchev–Trinajstić information content (AvgIpc) is 3.14. The first-order valence-corrected chi connectivity index (χ1v) is 8.77. The van der Waals surface area contributed by atoms with Crippen LogP contribution in [0.2, 0.25) is 0 Å². The van der Waals surface area contributed by atoms with Crippen LogP contribution in [0.25, 0.3) is 5.70 Å². The Morgan fingerprint density at radius 1 is 1.41 bits per heavy atom. The number of carbonyl (C=O) groups is 1. The number of halogens is 4. The highest BCUT2D eigenvalue weighted by atomic mass is 79.9. The zero-order valence-corrected chi connectivity index (χ0v) is 16.1. The number of carbonyl (C=O) groups excluding carboxylic acids is 1. The highest BCUT2D eigenvalue weighted by Gasteiger charge is 2.33. The van der Waals surface area contributed by atoms with E-state index in [-0.39, 0.29) is 10.2 Å². The molecule has 144 valence electrons. The van der Waals surface area contributed by atoms with E-state index < -0.39 is 23.6 Å². The number of aromatic nitrogens is 4. The third-order valence-electron chi connectivity index (χ3n) is 3.71. The third-order valence-corrected chi connectivity index (χ3v) is 4.40. The normalized spacial score (nSPS) is 13.8. The number of nitrogens with zero attached hydrogens (tertiary/aromatic N) is 4. The van der Waals surface area contributed by atoms with Gasteiger partial charge in [-0.1, -0.05) is 35.0 Å². The lowest BCUT2D eigenvalue weighted by molar-refractivity contribution is -0.138. The Kier molecular flexibility index (Phi) is 6.89. The second-order valence-corrected chi connectivity index (χ2v) is 6.50. The molecule has 2 rings (SSSR count). The summed E-state index contributed by atoms with van der Waals surface area (Å²) in [4.78, 5) is 12.4. The first-order chi connectivity index (χ1) is 12.7.